The Labute approximate surface area is 93.9 Å². The molecule has 0 aromatic carbocycles. The molecule has 3 nitrogen and oxygen atoms in total. The van der Waals surface area contributed by atoms with Gasteiger partial charge in [-0.25, -0.2) is 0 Å². The molecule has 0 rings (SSSR count). The first-order chi connectivity index (χ1) is 6.64. The molecule has 0 aromatic heterocycles. The second-order valence-corrected chi connectivity index (χ2v) is 5.61. The summed E-state index contributed by atoms with van der Waals surface area (Å²) in [6, 6.07) is 0. The van der Waals surface area contributed by atoms with Gasteiger partial charge in [-0.05, 0) is 12.3 Å². The molecule has 0 saturated carbocycles. The molecule has 0 aromatic rings. The SMILES string of the molecule is CC(C)C[C@H](CC(=O)C(C)(C)C)C(N)=O.[HH]. The number of rotatable bonds is 5. The van der Waals surface area contributed by atoms with Gasteiger partial charge in [-0.15, -0.1) is 0 Å². The lowest BCUT2D eigenvalue weighted by atomic mass is 9.82. The van der Waals surface area contributed by atoms with E-state index in [0.717, 1.165) is 0 Å². The predicted octanol–water partition coefficient (Wildman–Crippen LogP) is 2.39. The van der Waals surface area contributed by atoms with Gasteiger partial charge in [0.1, 0.15) is 5.78 Å². The van der Waals surface area contributed by atoms with Crippen LogP contribution in [0.25, 0.3) is 0 Å². The normalized spacial score (nSPS) is 14.0. The monoisotopic (exact) mass is 215 g/mol. The summed E-state index contributed by atoms with van der Waals surface area (Å²) in [4.78, 5) is 22.9. The van der Waals surface area contributed by atoms with Crippen LogP contribution in [-0.2, 0) is 9.59 Å². The minimum absolute atomic E-state index is 0. The first-order valence-electron chi connectivity index (χ1n) is 5.47. The molecule has 0 unspecified atom stereocenters. The van der Waals surface area contributed by atoms with Crippen molar-refractivity contribution >= 4 is 11.7 Å². The lowest BCUT2D eigenvalue weighted by molar-refractivity contribution is -0.132. The minimum atomic E-state index is -0.384. The predicted molar refractivity (Wildman–Crippen MR) is 63.3 cm³/mol. The van der Waals surface area contributed by atoms with Gasteiger partial charge in [0, 0.05) is 19.2 Å². The van der Waals surface area contributed by atoms with Crippen molar-refractivity contribution in [3.8, 4) is 0 Å². The van der Waals surface area contributed by atoms with E-state index in [1.54, 1.807) is 0 Å². The van der Waals surface area contributed by atoms with Crippen LogP contribution in [0.15, 0.2) is 0 Å². The second-order valence-electron chi connectivity index (χ2n) is 5.61. The molecule has 0 fully saturated rings. The van der Waals surface area contributed by atoms with E-state index in [9.17, 15) is 9.59 Å². The van der Waals surface area contributed by atoms with Gasteiger partial charge in [-0.2, -0.15) is 0 Å². The molecule has 0 saturated heterocycles. The van der Waals surface area contributed by atoms with Crippen LogP contribution in [0.4, 0.5) is 0 Å². The molecule has 1 amide bonds. The van der Waals surface area contributed by atoms with Gasteiger partial charge in [0.15, 0.2) is 0 Å². The number of primary amides is 1. The fourth-order valence-corrected chi connectivity index (χ4v) is 1.40. The summed E-state index contributed by atoms with van der Waals surface area (Å²) in [5.74, 6) is -0.180. The molecular weight excluding hydrogens is 190 g/mol. The molecule has 0 radical (unpaired) electrons. The number of carbonyl (C=O) groups is 2. The largest absolute Gasteiger partial charge is 0.369 e. The Morgan fingerprint density at radius 2 is 1.73 bits per heavy atom. The van der Waals surface area contributed by atoms with E-state index in [1.807, 2.05) is 34.6 Å². The summed E-state index contributed by atoms with van der Waals surface area (Å²) in [6.45, 7) is 9.64. The van der Waals surface area contributed by atoms with Gasteiger partial charge < -0.3 is 5.73 Å². The van der Waals surface area contributed by atoms with Crippen LogP contribution < -0.4 is 5.73 Å². The van der Waals surface area contributed by atoms with Crippen molar-refractivity contribution in [1.82, 2.24) is 0 Å². The molecule has 0 heterocycles. The van der Waals surface area contributed by atoms with E-state index in [-0.39, 0.29) is 30.9 Å². The Hall–Kier alpha value is -0.860. The fraction of sp³-hybridized carbons (Fsp3) is 0.833. The Kier molecular flexibility index (Phi) is 4.98. The summed E-state index contributed by atoms with van der Waals surface area (Å²) < 4.78 is 0. The van der Waals surface area contributed by atoms with E-state index >= 15 is 0 Å². The van der Waals surface area contributed by atoms with Gasteiger partial charge in [0.2, 0.25) is 5.91 Å². The van der Waals surface area contributed by atoms with Crippen molar-refractivity contribution in [2.45, 2.75) is 47.5 Å². The highest BCUT2D eigenvalue weighted by molar-refractivity contribution is 5.88. The highest BCUT2D eigenvalue weighted by Gasteiger charge is 2.27. The van der Waals surface area contributed by atoms with Crippen LogP contribution in [0.2, 0.25) is 0 Å². The maximum atomic E-state index is 11.8. The molecule has 2 N–H and O–H groups in total. The third-order valence-electron chi connectivity index (χ3n) is 2.43. The van der Waals surface area contributed by atoms with Gasteiger partial charge in [0.25, 0.3) is 0 Å². The van der Waals surface area contributed by atoms with Crippen molar-refractivity contribution in [2.75, 3.05) is 0 Å². The zero-order chi connectivity index (χ0) is 12.2. The van der Waals surface area contributed by atoms with E-state index in [4.69, 9.17) is 5.73 Å². The average molecular weight is 215 g/mol. The highest BCUT2D eigenvalue weighted by Crippen LogP contribution is 2.23. The number of amides is 1. The zero-order valence-electron chi connectivity index (χ0n) is 10.5. The smallest absolute Gasteiger partial charge is 0.220 e. The lowest BCUT2D eigenvalue weighted by Crippen LogP contribution is -2.31. The van der Waals surface area contributed by atoms with Gasteiger partial charge in [0.05, 0.1) is 0 Å². The molecule has 1 atom stereocenters. The van der Waals surface area contributed by atoms with E-state index in [1.165, 1.54) is 0 Å². The molecule has 15 heavy (non-hydrogen) atoms. The van der Waals surface area contributed by atoms with Crippen LogP contribution >= 0.6 is 0 Å². The lowest BCUT2D eigenvalue weighted by Gasteiger charge is -2.21. The van der Waals surface area contributed by atoms with Crippen LogP contribution in [0.3, 0.4) is 0 Å². The molecule has 0 bridgehead atoms. The van der Waals surface area contributed by atoms with Crippen LogP contribution in [0, 0.1) is 17.3 Å². The van der Waals surface area contributed by atoms with Gasteiger partial charge in [-0.1, -0.05) is 34.6 Å². The maximum Gasteiger partial charge on any atom is 0.220 e. The molecule has 0 aliphatic rings. The van der Waals surface area contributed by atoms with Crippen molar-refractivity contribution in [1.29, 1.82) is 0 Å². The Morgan fingerprint density at radius 1 is 1.27 bits per heavy atom. The molecular formula is C12H25NO2. The summed E-state index contributed by atoms with van der Waals surface area (Å²) in [6.07, 6.45) is 0.966. The number of hydrogen-bond donors (Lipinski definition) is 1. The number of nitrogens with two attached hydrogens (primary N) is 1. The van der Waals surface area contributed by atoms with E-state index < -0.39 is 0 Å². The van der Waals surface area contributed by atoms with Crippen molar-refractivity contribution in [3.63, 3.8) is 0 Å². The van der Waals surface area contributed by atoms with Crippen LogP contribution in [0.5, 0.6) is 0 Å². The Morgan fingerprint density at radius 3 is 2.00 bits per heavy atom. The number of Topliss-reactive ketones (excluding diaryl/α,β-unsaturated/α-hetero) is 1. The Balaban J connectivity index is 0. The zero-order valence-corrected chi connectivity index (χ0v) is 10.5. The van der Waals surface area contributed by atoms with Gasteiger partial charge >= 0.3 is 0 Å². The molecule has 0 spiro atoms. The van der Waals surface area contributed by atoms with Crippen molar-refractivity contribution < 1.29 is 11.0 Å². The van der Waals surface area contributed by atoms with E-state index in [0.29, 0.717) is 12.3 Å². The van der Waals surface area contributed by atoms with Crippen LogP contribution in [0.1, 0.15) is 48.9 Å². The third-order valence-corrected chi connectivity index (χ3v) is 2.43. The summed E-state index contributed by atoms with van der Waals surface area (Å²) in [5, 5.41) is 0. The molecule has 0 aliphatic carbocycles. The maximum absolute atomic E-state index is 11.8. The van der Waals surface area contributed by atoms with Gasteiger partial charge in [-0.3, -0.25) is 9.59 Å². The van der Waals surface area contributed by atoms with Crippen molar-refractivity contribution in [2.24, 2.45) is 23.0 Å². The third kappa shape index (κ3) is 5.55. The highest BCUT2D eigenvalue weighted by atomic mass is 16.1. The summed E-state index contributed by atoms with van der Waals surface area (Å²) in [5.41, 5.74) is 4.90. The van der Waals surface area contributed by atoms with Crippen LogP contribution in [-0.4, -0.2) is 11.7 Å². The minimum Gasteiger partial charge on any atom is -0.369 e. The second kappa shape index (κ2) is 5.29. The number of hydrogen-bond acceptors (Lipinski definition) is 2. The molecule has 3 heteroatoms. The first-order valence-corrected chi connectivity index (χ1v) is 5.47. The summed E-state index contributed by atoms with van der Waals surface area (Å²) >= 11 is 0. The number of ketones is 1. The first kappa shape index (κ1) is 14.1. The topological polar surface area (TPSA) is 60.2 Å². The summed E-state index contributed by atoms with van der Waals surface area (Å²) in [7, 11) is 0. The quantitative estimate of drug-likeness (QED) is 0.765. The standard InChI is InChI=1S/C12H23NO2.H2/c1-8(2)6-9(11(13)15)7-10(14)12(3,4)5;/h8-9H,6-7H2,1-5H3,(H2,13,15);1H/t9-;/m1./s1. The fourth-order valence-electron chi connectivity index (χ4n) is 1.40. The Bertz CT molecular complexity index is 244. The van der Waals surface area contributed by atoms with E-state index in [2.05, 4.69) is 0 Å². The average Bonchev–Trinajstić information content (AvgIpc) is 1.99. The number of carbonyl (C=O) groups excluding carboxylic acids is 2. The van der Waals surface area contributed by atoms with Crippen molar-refractivity contribution in [3.05, 3.63) is 0 Å². The molecule has 0 aliphatic heterocycles. The molecule has 90 valence electrons.